The molecule has 0 aliphatic carbocycles. The van der Waals surface area contributed by atoms with Crippen molar-refractivity contribution < 1.29 is 42.1 Å². The van der Waals surface area contributed by atoms with E-state index in [4.69, 9.17) is 18.5 Å². The summed E-state index contributed by atoms with van der Waals surface area (Å²) in [6, 6.07) is 0. The number of quaternary nitrogens is 1. The van der Waals surface area contributed by atoms with Gasteiger partial charge in [-0.15, -0.1) is 0 Å². The molecule has 0 saturated carbocycles. The third-order valence-corrected chi connectivity index (χ3v) is 17.1. The highest BCUT2D eigenvalue weighted by atomic mass is 31.2. The number of unbranched alkanes of at least 4 members (excludes halogenated alkanes) is 19. The molecule has 0 spiro atoms. The maximum Gasteiger partial charge on any atom is 0.306 e. The first-order valence-corrected chi connectivity index (χ1v) is 41.6. The zero-order valence-corrected chi connectivity index (χ0v) is 66.1. The van der Waals surface area contributed by atoms with E-state index in [1.807, 2.05) is 21.1 Å². The van der Waals surface area contributed by atoms with Gasteiger partial charge in [0.1, 0.15) is 19.8 Å². The summed E-state index contributed by atoms with van der Waals surface area (Å²) in [5.74, 6) is -0.864. The van der Waals surface area contributed by atoms with Gasteiger partial charge in [-0.05, 0) is 161 Å². The van der Waals surface area contributed by atoms with E-state index in [1.54, 1.807) is 0 Å². The van der Waals surface area contributed by atoms with Crippen LogP contribution in [-0.2, 0) is 32.7 Å². The van der Waals surface area contributed by atoms with Crippen molar-refractivity contribution in [2.45, 2.75) is 290 Å². The van der Waals surface area contributed by atoms with E-state index in [0.717, 1.165) is 180 Å². The molecule has 9 nitrogen and oxygen atoms in total. The highest BCUT2D eigenvalue weighted by Crippen LogP contribution is 2.38. The average Bonchev–Trinajstić information content (AvgIpc) is 0.913. The SMILES string of the molecule is CC/C=C\C/C=C\C/C=C\C/C=C\C/C=C\C/C=C\C/C=C\C/C=C\C/C=C\C/C=C\CCCCCCCCC(=O)OC(COC(=O)CCCCCCCCCCCCCCC/C=C\C/C=C\C/C=C\C/C=C\C/C=C\C/C=C\C/C=C\C/C=C\C/C=C\CC)COP(=O)([O-])OCC[N+](C)(C)C. The molecule has 2 atom stereocenters. The Morgan fingerprint density at radius 1 is 0.304 bits per heavy atom. The fourth-order valence-electron chi connectivity index (χ4n) is 10.1. The van der Waals surface area contributed by atoms with Gasteiger partial charge < -0.3 is 27.9 Å². The highest BCUT2D eigenvalue weighted by molar-refractivity contribution is 7.45. The standard InChI is InChI=1S/C92H146NO8P/c1-6-8-10-12-14-16-18-20-22-24-26-28-30-32-34-36-38-40-42-44-45-46-47-49-50-52-54-56-58-60-62-64-66-68-70-72-74-76-78-80-82-84-91(94)98-88-90(89-100-102(96,97)99-87-86-93(3,4)5)101-92(95)85-83-81-79-77-75-73-71-69-67-65-63-61-59-57-55-53-51-48-43-41-39-37-35-33-31-29-27-25-23-21-19-17-15-13-11-9-7-2/h8-11,14-17,20-23,26-29,32-35,38-41,44-45,47-49,51-52,54-55,57,61,63,67,69,90H,6-7,12-13,18-19,24-25,30-31,36-37,42-43,46,50,53,56,58-60,62,64-66,68,70-89H2,1-5H3/b10-8-,11-9-,16-14-,17-15-,22-20-,23-21-,28-26-,29-27-,34-32-,35-33-,40-38-,41-39-,45-44-,49-47-,51-48-,54-52-,57-55-,63-61-,69-67-. The van der Waals surface area contributed by atoms with Gasteiger partial charge in [0.2, 0.25) is 0 Å². The zero-order chi connectivity index (χ0) is 74.0. The van der Waals surface area contributed by atoms with E-state index in [9.17, 15) is 19.0 Å². The fraction of sp³-hybridized carbons (Fsp3) is 0.565. The van der Waals surface area contributed by atoms with Crippen LogP contribution in [0.5, 0.6) is 0 Å². The van der Waals surface area contributed by atoms with Crippen molar-refractivity contribution >= 4 is 19.8 Å². The summed E-state index contributed by atoms with van der Waals surface area (Å²) in [4.78, 5) is 38.2. The number of allylic oxidation sites excluding steroid dienone is 38. The quantitative estimate of drug-likeness (QED) is 0.0195. The van der Waals surface area contributed by atoms with Gasteiger partial charge in [0.15, 0.2) is 6.10 Å². The lowest BCUT2D eigenvalue weighted by atomic mass is 10.0. The van der Waals surface area contributed by atoms with E-state index >= 15 is 0 Å². The van der Waals surface area contributed by atoms with Gasteiger partial charge in [-0.2, -0.15) is 0 Å². The molecule has 0 saturated heterocycles. The van der Waals surface area contributed by atoms with Crippen molar-refractivity contribution in [2.24, 2.45) is 0 Å². The van der Waals surface area contributed by atoms with Crippen LogP contribution in [0.2, 0.25) is 0 Å². The molecule has 10 heteroatoms. The van der Waals surface area contributed by atoms with Crippen LogP contribution in [0.3, 0.4) is 0 Å². The second kappa shape index (κ2) is 79.2. The number of esters is 2. The summed E-state index contributed by atoms with van der Waals surface area (Å²) in [7, 11) is 1.13. The molecular weight excluding hydrogens is 1280 g/mol. The minimum absolute atomic E-state index is 0.0454. The normalized spacial score (nSPS) is 14.3. The van der Waals surface area contributed by atoms with Gasteiger partial charge in [-0.25, -0.2) is 0 Å². The van der Waals surface area contributed by atoms with E-state index in [0.29, 0.717) is 23.9 Å². The minimum Gasteiger partial charge on any atom is -0.756 e. The van der Waals surface area contributed by atoms with E-state index in [-0.39, 0.29) is 26.1 Å². The number of nitrogens with zero attached hydrogens (tertiary/aromatic N) is 1. The fourth-order valence-corrected chi connectivity index (χ4v) is 10.9. The van der Waals surface area contributed by atoms with Crippen molar-refractivity contribution in [1.29, 1.82) is 0 Å². The number of hydrogen-bond donors (Lipinski definition) is 0. The molecule has 102 heavy (non-hydrogen) atoms. The average molecular weight is 1430 g/mol. The van der Waals surface area contributed by atoms with Crippen molar-refractivity contribution in [3.63, 3.8) is 0 Å². The van der Waals surface area contributed by atoms with Gasteiger partial charge >= 0.3 is 11.9 Å². The summed E-state index contributed by atoms with van der Waals surface area (Å²) >= 11 is 0. The van der Waals surface area contributed by atoms with Crippen molar-refractivity contribution in [1.82, 2.24) is 0 Å². The van der Waals surface area contributed by atoms with Crippen molar-refractivity contribution in [3.8, 4) is 0 Å². The van der Waals surface area contributed by atoms with Gasteiger partial charge in [0, 0.05) is 12.8 Å². The molecule has 0 N–H and O–H groups in total. The number of phosphoric acid groups is 1. The number of ether oxygens (including phenoxy) is 2. The molecule has 0 aromatic carbocycles. The Labute approximate surface area is 626 Å². The number of phosphoric ester groups is 1. The molecule has 0 rings (SSSR count). The molecule has 0 aliphatic rings. The Bertz CT molecular complexity index is 2580. The highest BCUT2D eigenvalue weighted by Gasteiger charge is 2.22. The molecule has 0 amide bonds. The van der Waals surface area contributed by atoms with Crippen LogP contribution in [0.4, 0.5) is 0 Å². The first-order valence-electron chi connectivity index (χ1n) is 40.1. The molecule has 0 aliphatic heterocycles. The van der Waals surface area contributed by atoms with Crippen LogP contribution in [0.25, 0.3) is 0 Å². The third-order valence-electron chi connectivity index (χ3n) is 16.2. The maximum atomic E-state index is 12.9. The lowest BCUT2D eigenvalue weighted by Gasteiger charge is -2.28. The summed E-state index contributed by atoms with van der Waals surface area (Å²) in [5, 5.41) is 0. The van der Waals surface area contributed by atoms with Crippen LogP contribution in [0.1, 0.15) is 284 Å². The molecule has 0 fully saturated rings. The van der Waals surface area contributed by atoms with Crippen molar-refractivity contribution in [2.75, 3.05) is 47.5 Å². The smallest absolute Gasteiger partial charge is 0.306 e. The summed E-state index contributed by atoms with van der Waals surface area (Å²) in [6.07, 6.45) is 127. The van der Waals surface area contributed by atoms with Gasteiger partial charge in [0.25, 0.3) is 7.82 Å². The monoisotopic (exact) mass is 1420 g/mol. The van der Waals surface area contributed by atoms with Crippen LogP contribution < -0.4 is 4.89 Å². The van der Waals surface area contributed by atoms with Crippen LogP contribution in [0.15, 0.2) is 231 Å². The van der Waals surface area contributed by atoms with Gasteiger partial charge in [-0.1, -0.05) is 341 Å². The van der Waals surface area contributed by atoms with E-state index < -0.39 is 32.5 Å². The number of rotatable bonds is 71. The Morgan fingerprint density at radius 3 is 0.784 bits per heavy atom. The lowest BCUT2D eigenvalue weighted by molar-refractivity contribution is -0.870. The molecule has 0 radical (unpaired) electrons. The lowest BCUT2D eigenvalue weighted by Crippen LogP contribution is -2.37. The number of hydrogen-bond acceptors (Lipinski definition) is 8. The molecule has 0 bridgehead atoms. The summed E-state index contributed by atoms with van der Waals surface area (Å²) < 4.78 is 34.4. The van der Waals surface area contributed by atoms with Crippen molar-refractivity contribution in [3.05, 3.63) is 231 Å². The maximum absolute atomic E-state index is 12.9. The second-order valence-corrected chi connectivity index (χ2v) is 28.4. The predicted molar refractivity (Wildman–Crippen MR) is 442 cm³/mol. The Hall–Kier alpha value is -5.93. The molecular formula is C92H146NO8P. The molecule has 0 heterocycles. The molecule has 2 unspecified atom stereocenters. The number of carbonyl (C=O) groups is 2. The van der Waals surface area contributed by atoms with Gasteiger partial charge in [-0.3, -0.25) is 14.2 Å². The Balaban J connectivity index is 4.11. The Kier molecular flexibility index (Phi) is 74.6. The molecule has 572 valence electrons. The third kappa shape index (κ3) is 83.0. The predicted octanol–water partition coefficient (Wildman–Crippen LogP) is 26.6. The van der Waals surface area contributed by atoms with Crippen LogP contribution in [0, 0.1) is 0 Å². The molecule has 0 aromatic rings. The van der Waals surface area contributed by atoms with Crippen LogP contribution >= 0.6 is 7.82 Å². The minimum atomic E-state index is -4.67. The van der Waals surface area contributed by atoms with E-state index in [1.165, 1.54) is 64.2 Å². The number of likely N-dealkylation sites (N-methyl/N-ethyl adjacent to an activating group) is 1. The largest absolute Gasteiger partial charge is 0.756 e. The van der Waals surface area contributed by atoms with E-state index in [2.05, 4.69) is 245 Å². The van der Waals surface area contributed by atoms with Gasteiger partial charge in [0.05, 0.1) is 27.7 Å². The summed E-state index contributed by atoms with van der Waals surface area (Å²) in [5.41, 5.74) is 0. The molecule has 0 aromatic heterocycles. The van der Waals surface area contributed by atoms with Crippen LogP contribution in [-0.4, -0.2) is 70.0 Å². The first-order chi connectivity index (χ1) is 50.0. The zero-order valence-electron chi connectivity index (χ0n) is 65.2. The Morgan fingerprint density at radius 2 is 0.529 bits per heavy atom. The summed E-state index contributed by atoms with van der Waals surface area (Å²) in [6.45, 7) is 3.98. The first kappa shape index (κ1) is 96.1. The second-order valence-electron chi connectivity index (χ2n) is 27.0. The topological polar surface area (TPSA) is 111 Å². The number of carbonyl (C=O) groups excluding carboxylic acids is 2.